The first-order valence-electron chi connectivity index (χ1n) is 4.85. The van der Waals surface area contributed by atoms with Crippen molar-refractivity contribution in [3.8, 4) is 0 Å². The van der Waals surface area contributed by atoms with Crippen LogP contribution in [0.15, 0.2) is 0 Å². The standard InChI is InChI=1S/C8H18N.C2H6O.2ClH.Ti/c1-7(2,3)9-8(4,5)6;1-2-3;;;/h1-6H3;3H,2H2,1H3;2*1H;/q-1;;;;+2/p-2. The number of aliphatic hydroxyl groups is 1. The van der Waals surface area contributed by atoms with Crippen LogP contribution in [0.4, 0.5) is 0 Å². The molecule has 0 aromatic carbocycles. The van der Waals surface area contributed by atoms with Gasteiger partial charge in [0.15, 0.2) is 0 Å². The Labute approximate surface area is 112 Å². The Morgan fingerprint density at radius 1 is 1.00 bits per heavy atom. The molecule has 0 radical (unpaired) electrons. The molecule has 5 heteroatoms. The summed E-state index contributed by atoms with van der Waals surface area (Å²) in [4.78, 5) is 0. The van der Waals surface area contributed by atoms with E-state index in [9.17, 15) is 0 Å². The third kappa shape index (κ3) is 51.0. The van der Waals surface area contributed by atoms with Gasteiger partial charge in [-0.25, -0.2) is 0 Å². The second-order valence-electron chi connectivity index (χ2n) is 4.84. The number of halogens is 2. The van der Waals surface area contributed by atoms with Crippen LogP contribution in [0.5, 0.6) is 0 Å². The fraction of sp³-hybridized carbons (Fsp3) is 1.00. The molecule has 1 N–H and O–H groups in total. The van der Waals surface area contributed by atoms with E-state index >= 15 is 0 Å². The molecule has 0 amide bonds. The van der Waals surface area contributed by atoms with E-state index in [-0.39, 0.29) is 17.7 Å². The summed E-state index contributed by atoms with van der Waals surface area (Å²) < 4.78 is 0. The van der Waals surface area contributed by atoms with Crippen molar-refractivity contribution >= 4 is 18.6 Å². The van der Waals surface area contributed by atoms with Crippen LogP contribution in [0.25, 0.3) is 5.32 Å². The van der Waals surface area contributed by atoms with E-state index in [2.05, 4.69) is 46.9 Å². The Bertz CT molecular complexity index is 108. The summed E-state index contributed by atoms with van der Waals surface area (Å²) >= 11 is -0.556. The van der Waals surface area contributed by atoms with Gasteiger partial charge in [-0.3, -0.25) is 0 Å². The van der Waals surface area contributed by atoms with E-state index in [1.807, 2.05) is 0 Å². The van der Waals surface area contributed by atoms with E-state index in [0.717, 1.165) is 0 Å². The van der Waals surface area contributed by atoms with Crippen molar-refractivity contribution in [2.24, 2.45) is 0 Å². The van der Waals surface area contributed by atoms with Crippen LogP contribution < -0.4 is 0 Å². The molecule has 0 rings (SSSR count). The molecule has 0 atom stereocenters. The Hall–Kier alpha value is 1.21. The number of rotatable bonds is 0. The number of hydrogen-bond acceptors (Lipinski definition) is 1. The molecule has 0 aromatic heterocycles. The molecule has 0 unspecified atom stereocenters. The normalized spacial score (nSPS) is 10.5. The van der Waals surface area contributed by atoms with Gasteiger partial charge in [0, 0.05) is 6.61 Å². The van der Waals surface area contributed by atoms with Gasteiger partial charge < -0.3 is 10.4 Å². The van der Waals surface area contributed by atoms with Crippen LogP contribution in [-0.2, 0) is 17.0 Å². The van der Waals surface area contributed by atoms with E-state index in [4.69, 9.17) is 23.7 Å². The summed E-state index contributed by atoms with van der Waals surface area (Å²) in [6.45, 7) is 14.7. The maximum atomic E-state index is 7.57. The maximum absolute atomic E-state index is 7.57. The van der Waals surface area contributed by atoms with E-state index in [1.54, 1.807) is 6.92 Å². The summed E-state index contributed by atoms with van der Waals surface area (Å²) in [5, 5.41) is 12.1. The fourth-order valence-corrected chi connectivity index (χ4v) is 1.01. The summed E-state index contributed by atoms with van der Waals surface area (Å²) in [7, 11) is 9.78. The second kappa shape index (κ2) is 11.7. The van der Waals surface area contributed by atoms with Crippen LogP contribution in [0.2, 0.25) is 0 Å². The van der Waals surface area contributed by atoms with Crippen molar-refractivity contribution in [3.63, 3.8) is 0 Å². The van der Waals surface area contributed by atoms with Gasteiger partial charge in [-0.1, -0.05) is 41.5 Å². The zero-order valence-electron chi connectivity index (χ0n) is 10.9. The second-order valence-corrected chi connectivity index (χ2v) is 7.42. The van der Waals surface area contributed by atoms with Gasteiger partial charge in [-0.2, -0.15) is 0 Å². The van der Waals surface area contributed by atoms with Gasteiger partial charge in [-0.05, 0) is 6.92 Å². The van der Waals surface area contributed by atoms with Crippen LogP contribution >= 0.6 is 18.6 Å². The SMILES string of the molecule is CC(C)(C)[N-]C(C)(C)C.CCO.[Cl][Ti][Cl]. The molecule has 0 aliphatic heterocycles. The van der Waals surface area contributed by atoms with Crippen molar-refractivity contribution < 1.29 is 22.1 Å². The minimum atomic E-state index is -0.556. The summed E-state index contributed by atoms with van der Waals surface area (Å²) in [6.07, 6.45) is 0. The van der Waals surface area contributed by atoms with Crippen molar-refractivity contribution in [1.82, 2.24) is 0 Å². The zero-order valence-corrected chi connectivity index (χ0v) is 13.9. The molecular weight excluding hydrogens is 269 g/mol. The van der Waals surface area contributed by atoms with Crippen molar-refractivity contribution in [1.29, 1.82) is 0 Å². The van der Waals surface area contributed by atoms with E-state index in [1.165, 1.54) is 0 Å². The third-order valence-electron chi connectivity index (χ3n) is 0.671. The fourth-order valence-electron chi connectivity index (χ4n) is 1.01. The molecule has 0 saturated heterocycles. The van der Waals surface area contributed by atoms with E-state index < -0.39 is 17.0 Å². The van der Waals surface area contributed by atoms with Crippen LogP contribution in [0.3, 0.4) is 0 Å². The molecular formula is C10H24Cl2NOTi-. The molecule has 0 saturated carbocycles. The number of hydrogen-bond donors (Lipinski definition) is 1. The molecule has 0 aliphatic rings. The average Bonchev–Trinajstić information content (AvgIpc) is 1.80. The summed E-state index contributed by atoms with van der Waals surface area (Å²) in [5.74, 6) is 0. The number of aliphatic hydroxyl groups excluding tert-OH is 1. The van der Waals surface area contributed by atoms with Crippen LogP contribution in [0.1, 0.15) is 48.5 Å². The Morgan fingerprint density at radius 3 is 1.13 bits per heavy atom. The van der Waals surface area contributed by atoms with Gasteiger partial charge in [0.05, 0.1) is 0 Å². The molecule has 0 bridgehead atoms. The molecule has 94 valence electrons. The summed E-state index contributed by atoms with van der Waals surface area (Å²) in [6, 6.07) is 0. The van der Waals surface area contributed by atoms with Crippen molar-refractivity contribution in [2.45, 2.75) is 59.5 Å². The first-order valence-corrected chi connectivity index (χ1v) is 9.15. The molecule has 2 nitrogen and oxygen atoms in total. The topological polar surface area (TPSA) is 34.3 Å². The van der Waals surface area contributed by atoms with Crippen molar-refractivity contribution in [2.75, 3.05) is 6.61 Å². The first-order chi connectivity index (χ1) is 6.54. The van der Waals surface area contributed by atoms with E-state index in [0.29, 0.717) is 0 Å². The Morgan fingerprint density at radius 2 is 1.13 bits per heavy atom. The average molecular weight is 293 g/mol. The quantitative estimate of drug-likeness (QED) is 0.663. The third-order valence-corrected chi connectivity index (χ3v) is 0.671. The first kappa shape index (κ1) is 21.5. The Kier molecular flexibility index (Phi) is 16.8. The van der Waals surface area contributed by atoms with Crippen LogP contribution in [0, 0.1) is 0 Å². The predicted molar refractivity (Wildman–Crippen MR) is 67.3 cm³/mol. The zero-order chi connectivity index (χ0) is 13.1. The number of nitrogens with zero attached hydrogens (tertiary/aromatic N) is 1. The van der Waals surface area contributed by atoms with Gasteiger partial charge in [0.25, 0.3) is 0 Å². The van der Waals surface area contributed by atoms with Crippen LogP contribution in [-0.4, -0.2) is 22.8 Å². The minimum absolute atomic E-state index is 0.109. The molecule has 0 heterocycles. The van der Waals surface area contributed by atoms with Gasteiger partial charge in [0.2, 0.25) is 0 Å². The monoisotopic (exact) mass is 292 g/mol. The van der Waals surface area contributed by atoms with Gasteiger partial charge in [-0.15, -0.1) is 11.1 Å². The van der Waals surface area contributed by atoms with Gasteiger partial charge >= 0.3 is 35.6 Å². The molecule has 0 spiro atoms. The molecule has 15 heavy (non-hydrogen) atoms. The predicted octanol–water partition coefficient (Wildman–Crippen LogP) is 4.33. The Balaban J connectivity index is -0.000000200. The van der Waals surface area contributed by atoms with Crippen molar-refractivity contribution in [3.05, 3.63) is 5.32 Å². The molecule has 0 aliphatic carbocycles. The molecule has 0 fully saturated rings. The molecule has 0 aromatic rings. The summed E-state index contributed by atoms with van der Waals surface area (Å²) in [5.41, 5.74) is 0.219. The van der Waals surface area contributed by atoms with Gasteiger partial charge in [0.1, 0.15) is 0 Å².